The molecule has 3 heteroatoms. The summed E-state index contributed by atoms with van der Waals surface area (Å²) in [5, 5.41) is 8.91. The van der Waals surface area contributed by atoms with E-state index in [4.69, 9.17) is 9.84 Å². The van der Waals surface area contributed by atoms with Crippen LogP contribution in [0.25, 0.3) is 0 Å². The van der Waals surface area contributed by atoms with Crippen LogP contribution in [-0.4, -0.2) is 17.2 Å². The van der Waals surface area contributed by atoms with Crippen molar-refractivity contribution < 1.29 is 14.6 Å². The quantitative estimate of drug-likeness (QED) is 0.706. The molecule has 1 N–H and O–H groups in total. The third kappa shape index (κ3) is 5.33. The second-order valence-electron chi connectivity index (χ2n) is 5.06. The Bertz CT molecular complexity index is 412. The molecule has 106 valence electrons. The van der Waals surface area contributed by atoms with E-state index >= 15 is 0 Å². The zero-order chi connectivity index (χ0) is 14.3. The van der Waals surface area contributed by atoms with Gasteiger partial charge in [0.15, 0.2) is 0 Å². The molecule has 0 fully saturated rings. The van der Waals surface area contributed by atoms with Crippen molar-refractivity contribution in [2.75, 3.05) is 0 Å². The SMILES string of the molecule is CCCCCCC(C)Oc1ccc(C(=O)O)cc1C. The van der Waals surface area contributed by atoms with Crippen molar-refractivity contribution in [1.29, 1.82) is 0 Å². The summed E-state index contributed by atoms with van der Waals surface area (Å²) in [4.78, 5) is 10.8. The normalized spacial score (nSPS) is 12.2. The zero-order valence-electron chi connectivity index (χ0n) is 12.1. The van der Waals surface area contributed by atoms with Gasteiger partial charge in [-0.1, -0.05) is 26.2 Å². The molecule has 0 saturated heterocycles. The van der Waals surface area contributed by atoms with Crippen LogP contribution in [0.2, 0.25) is 0 Å². The number of carbonyl (C=O) groups is 1. The van der Waals surface area contributed by atoms with Gasteiger partial charge < -0.3 is 9.84 Å². The van der Waals surface area contributed by atoms with Gasteiger partial charge in [-0.2, -0.15) is 0 Å². The van der Waals surface area contributed by atoms with Crippen molar-refractivity contribution in [3.8, 4) is 5.75 Å². The third-order valence-corrected chi connectivity index (χ3v) is 3.21. The maximum absolute atomic E-state index is 10.8. The van der Waals surface area contributed by atoms with Crippen molar-refractivity contribution in [3.63, 3.8) is 0 Å². The van der Waals surface area contributed by atoms with Gasteiger partial charge in [0.25, 0.3) is 0 Å². The topological polar surface area (TPSA) is 46.5 Å². The number of unbranched alkanes of at least 4 members (excludes halogenated alkanes) is 3. The van der Waals surface area contributed by atoms with Crippen molar-refractivity contribution in [2.24, 2.45) is 0 Å². The molecular weight excluding hydrogens is 240 g/mol. The van der Waals surface area contributed by atoms with Crippen LogP contribution in [0.3, 0.4) is 0 Å². The molecule has 0 aromatic heterocycles. The summed E-state index contributed by atoms with van der Waals surface area (Å²) in [6, 6.07) is 5.00. The van der Waals surface area contributed by atoms with Gasteiger partial charge in [-0.15, -0.1) is 0 Å². The Morgan fingerprint density at radius 2 is 2.05 bits per heavy atom. The Hall–Kier alpha value is -1.51. The van der Waals surface area contributed by atoms with Crippen LogP contribution < -0.4 is 4.74 Å². The van der Waals surface area contributed by atoms with Crippen LogP contribution in [0.15, 0.2) is 18.2 Å². The Kier molecular flexibility index (Phi) is 6.40. The third-order valence-electron chi connectivity index (χ3n) is 3.21. The first kappa shape index (κ1) is 15.5. The minimum absolute atomic E-state index is 0.172. The van der Waals surface area contributed by atoms with E-state index in [1.165, 1.54) is 25.7 Å². The first-order valence-corrected chi connectivity index (χ1v) is 7.05. The van der Waals surface area contributed by atoms with Crippen LogP contribution in [0.1, 0.15) is 61.9 Å². The van der Waals surface area contributed by atoms with Gasteiger partial charge in [0.05, 0.1) is 11.7 Å². The Morgan fingerprint density at radius 3 is 2.63 bits per heavy atom. The minimum Gasteiger partial charge on any atom is -0.490 e. The molecule has 3 nitrogen and oxygen atoms in total. The zero-order valence-corrected chi connectivity index (χ0v) is 12.1. The van der Waals surface area contributed by atoms with Gasteiger partial charge in [0.1, 0.15) is 5.75 Å². The van der Waals surface area contributed by atoms with Crippen molar-refractivity contribution in [2.45, 2.75) is 59.0 Å². The smallest absolute Gasteiger partial charge is 0.335 e. The molecule has 1 rings (SSSR count). The van der Waals surface area contributed by atoms with Crippen LogP contribution >= 0.6 is 0 Å². The highest BCUT2D eigenvalue weighted by Gasteiger charge is 2.09. The number of aromatic carboxylic acids is 1. The van der Waals surface area contributed by atoms with Crippen molar-refractivity contribution in [1.82, 2.24) is 0 Å². The fraction of sp³-hybridized carbons (Fsp3) is 0.562. The number of benzene rings is 1. The monoisotopic (exact) mass is 264 g/mol. The molecule has 0 amide bonds. The largest absolute Gasteiger partial charge is 0.490 e. The van der Waals surface area contributed by atoms with E-state index in [0.29, 0.717) is 5.56 Å². The molecule has 0 saturated carbocycles. The average Bonchev–Trinajstić information content (AvgIpc) is 2.37. The Balaban J connectivity index is 2.50. The summed E-state index contributed by atoms with van der Waals surface area (Å²) < 4.78 is 5.87. The highest BCUT2D eigenvalue weighted by atomic mass is 16.5. The van der Waals surface area contributed by atoms with Gasteiger partial charge in [-0.25, -0.2) is 4.79 Å². The molecule has 0 aliphatic heterocycles. The van der Waals surface area contributed by atoms with Gasteiger partial charge >= 0.3 is 5.97 Å². The van der Waals surface area contributed by atoms with E-state index in [0.717, 1.165) is 17.7 Å². The molecule has 1 atom stereocenters. The first-order valence-electron chi connectivity index (χ1n) is 7.05. The Morgan fingerprint density at radius 1 is 1.32 bits per heavy atom. The standard InChI is InChI=1S/C16H24O3/c1-4-5-6-7-8-13(3)19-15-10-9-14(16(17)18)11-12(15)2/h9-11,13H,4-8H2,1-3H3,(H,17,18). The van der Waals surface area contributed by atoms with Gasteiger partial charge in [0.2, 0.25) is 0 Å². The maximum Gasteiger partial charge on any atom is 0.335 e. The predicted molar refractivity (Wildman–Crippen MR) is 77.0 cm³/mol. The lowest BCUT2D eigenvalue weighted by Gasteiger charge is -2.16. The van der Waals surface area contributed by atoms with Gasteiger partial charge in [0, 0.05) is 0 Å². The van der Waals surface area contributed by atoms with Crippen LogP contribution in [0.4, 0.5) is 0 Å². The average molecular weight is 264 g/mol. The van der Waals surface area contributed by atoms with E-state index in [9.17, 15) is 4.79 Å². The van der Waals surface area contributed by atoms with Crippen LogP contribution in [-0.2, 0) is 0 Å². The number of rotatable bonds is 8. The molecule has 19 heavy (non-hydrogen) atoms. The summed E-state index contributed by atoms with van der Waals surface area (Å²) in [5.41, 5.74) is 1.18. The summed E-state index contributed by atoms with van der Waals surface area (Å²) in [6.07, 6.45) is 6.17. The summed E-state index contributed by atoms with van der Waals surface area (Å²) in [7, 11) is 0. The molecule has 0 heterocycles. The summed E-state index contributed by atoms with van der Waals surface area (Å²) in [6.45, 7) is 6.15. The number of carboxylic acid groups (broad SMARTS) is 1. The number of ether oxygens (including phenoxy) is 1. The van der Waals surface area contributed by atoms with Crippen LogP contribution in [0.5, 0.6) is 5.75 Å². The van der Waals surface area contributed by atoms with Gasteiger partial charge in [-0.05, 0) is 50.5 Å². The Labute approximate surface area is 115 Å². The van der Waals surface area contributed by atoms with E-state index in [2.05, 4.69) is 13.8 Å². The lowest BCUT2D eigenvalue weighted by molar-refractivity contribution is 0.0696. The lowest BCUT2D eigenvalue weighted by Crippen LogP contribution is -2.12. The molecule has 0 bridgehead atoms. The molecule has 0 spiro atoms. The van der Waals surface area contributed by atoms with Crippen molar-refractivity contribution >= 4 is 5.97 Å². The maximum atomic E-state index is 10.8. The number of hydrogen-bond acceptors (Lipinski definition) is 2. The molecule has 1 aromatic carbocycles. The number of aryl methyl sites for hydroxylation is 1. The number of carboxylic acids is 1. The van der Waals surface area contributed by atoms with Crippen molar-refractivity contribution in [3.05, 3.63) is 29.3 Å². The molecule has 0 radical (unpaired) electrons. The molecular formula is C16H24O3. The van der Waals surface area contributed by atoms with E-state index in [1.807, 2.05) is 6.92 Å². The minimum atomic E-state index is -0.901. The summed E-state index contributed by atoms with van der Waals surface area (Å²) in [5.74, 6) is -0.116. The molecule has 0 aliphatic carbocycles. The summed E-state index contributed by atoms with van der Waals surface area (Å²) >= 11 is 0. The fourth-order valence-electron chi connectivity index (χ4n) is 2.05. The predicted octanol–water partition coefficient (Wildman–Crippen LogP) is 4.43. The van der Waals surface area contributed by atoms with Gasteiger partial charge in [-0.3, -0.25) is 0 Å². The second-order valence-corrected chi connectivity index (χ2v) is 5.06. The van der Waals surface area contributed by atoms with E-state index < -0.39 is 5.97 Å². The fourth-order valence-corrected chi connectivity index (χ4v) is 2.05. The first-order chi connectivity index (χ1) is 9.04. The van der Waals surface area contributed by atoms with E-state index in [1.54, 1.807) is 18.2 Å². The highest BCUT2D eigenvalue weighted by Crippen LogP contribution is 2.21. The lowest BCUT2D eigenvalue weighted by atomic mass is 10.1. The highest BCUT2D eigenvalue weighted by molar-refractivity contribution is 5.88. The molecule has 1 unspecified atom stereocenters. The number of hydrogen-bond donors (Lipinski definition) is 1. The molecule has 1 aromatic rings. The van der Waals surface area contributed by atoms with E-state index in [-0.39, 0.29) is 6.10 Å². The second kappa shape index (κ2) is 7.82. The molecule has 0 aliphatic rings. The van der Waals surface area contributed by atoms with Crippen LogP contribution in [0, 0.1) is 6.92 Å².